The van der Waals surface area contributed by atoms with Crippen molar-refractivity contribution in [1.29, 1.82) is 0 Å². The Morgan fingerprint density at radius 2 is 1.78 bits per heavy atom. The molecule has 8 heteroatoms. The van der Waals surface area contributed by atoms with Crippen molar-refractivity contribution in [3.63, 3.8) is 0 Å². The summed E-state index contributed by atoms with van der Waals surface area (Å²) in [5, 5.41) is 2.69. The summed E-state index contributed by atoms with van der Waals surface area (Å²) in [5.41, 5.74) is 2.83. The van der Waals surface area contributed by atoms with E-state index in [9.17, 15) is 13.2 Å². The molecule has 0 spiro atoms. The lowest BCUT2D eigenvalue weighted by molar-refractivity contribution is 0.155. The highest BCUT2D eigenvalue weighted by Gasteiger charge is 2.29. The second-order valence-corrected chi connectivity index (χ2v) is 9.25. The monoisotopic (exact) mass is 452 g/mol. The summed E-state index contributed by atoms with van der Waals surface area (Å²) in [6, 6.07) is 21.0. The number of carbonyl (C=O) groups is 1. The predicted molar refractivity (Wildman–Crippen MR) is 123 cm³/mol. The quantitative estimate of drug-likeness (QED) is 0.592. The van der Waals surface area contributed by atoms with E-state index in [1.807, 2.05) is 36.4 Å². The van der Waals surface area contributed by atoms with Crippen molar-refractivity contribution in [3.05, 3.63) is 83.9 Å². The average molecular weight is 453 g/mol. The highest BCUT2D eigenvalue weighted by atomic mass is 32.2. The van der Waals surface area contributed by atoms with Crippen LogP contribution in [0.25, 0.3) is 0 Å². The van der Waals surface area contributed by atoms with Crippen LogP contribution in [0.4, 0.5) is 16.2 Å². The van der Waals surface area contributed by atoms with Crippen LogP contribution >= 0.6 is 0 Å². The van der Waals surface area contributed by atoms with Gasteiger partial charge in [0.1, 0.15) is 12.4 Å². The molecule has 0 atom stereocenters. The molecule has 4 rings (SSSR count). The van der Waals surface area contributed by atoms with Gasteiger partial charge in [-0.15, -0.1) is 0 Å². The molecule has 1 heterocycles. The molecule has 0 fully saturated rings. The maximum Gasteiger partial charge on any atom is 0.411 e. The lowest BCUT2D eigenvalue weighted by atomic mass is 10.0. The average Bonchev–Trinajstić information content (AvgIpc) is 2.83. The molecule has 1 N–H and O–H groups in total. The largest absolute Gasteiger partial charge is 0.497 e. The van der Waals surface area contributed by atoms with E-state index in [0.717, 1.165) is 17.5 Å². The van der Waals surface area contributed by atoms with Gasteiger partial charge in [-0.25, -0.2) is 13.2 Å². The number of sulfonamides is 1. The van der Waals surface area contributed by atoms with Gasteiger partial charge in [0, 0.05) is 12.2 Å². The van der Waals surface area contributed by atoms with Gasteiger partial charge in [0.15, 0.2) is 0 Å². The van der Waals surface area contributed by atoms with E-state index in [2.05, 4.69) is 5.32 Å². The van der Waals surface area contributed by atoms with Gasteiger partial charge in [0.2, 0.25) is 0 Å². The minimum Gasteiger partial charge on any atom is -0.497 e. The SMILES string of the molecule is COc1ccc(S(=O)(=O)N2CCCc3ccc(NC(=O)OCc4ccccc4)cc32)cc1. The molecule has 0 aliphatic carbocycles. The molecule has 1 aliphatic rings. The predicted octanol–water partition coefficient (Wildman–Crippen LogP) is 4.59. The number of carbonyl (C=O) groups excluding carboxylic acids is 1. The van der Waals surface area contributed by atoms with Crippen molar-refractivity contribution in [2.24, 2.45) is 0 Å². The van der Waals surface area contributed by atoms with E-state index in [-0.39, 0.29) is 11.5 Å². The first-order valence-corrected chi connectivity index (χ1v) is 11.7. The van der Waals surface area contributed by atoms with Gasteiger partial charge >= 0.3 is 6.09 Å². The molecule has 0 saturated heterocycles. The molecule has 1 amide bonds. The molecular weight excluding hydrogens is 428 g/mol. The molecule has 3 aromatic rings. The van der Waals surface area contributed by atoms with E-state index in [0.29, 0.717) is 30.1 Å². The van der Waals surface area contributed by atoms with E-state index in [1.54, 1.807) is 24.3 Å². The Hall–Kier alpha value is -3.52. The number of methoxy groups -OCH3 is 1. The number of fused-ring (bicyclic) bond motifs is 1. The molecule has 0 saturated carbocycles. The number of ether oxygens (including phenoxy) is 2. The first kappa shape index (κ1) is 21.7. The number of benzene rings is 3. The van der Waals surface area contributed by atoms with Crippen LogP contribution in [-0.2, 0) is 27.8 Å². The van der Waals surface area contributed by atoms with Crippen LogP contribution in [0.15, 0.2) is 77.7 Å². The summed E-state index contributed by atoms with van der Waals surface area (Å²) in [7, 11) is -2.23. The molecule has 7 nitrogen and oxygen atoms in total. The zero-order valence-corrected chi connectivity index (χ0v) is 18.5. The first-order valence-electron chi connectivity index (χ1n) is 10.2. The Bertz CT molecular complexity index is 1190. The van der Waals surface area contributed by atoms with Crippen LogP contribution in [0, 0.1) is 0 Å². The van der Waals surface area contributed by atoms with Crippen molar-refractivity contribution in [2.45, 2.75) is 24.3 Å². The summed E-state index contributed by atoms with van der Waals surface area (Å²) in [5.74, 6) is 0.587. The molecular formula is C24H24N2O5S. The Kier molecular flexibility index (Phi) is 6.32. The number of anilines is 2. The van der Waals surface area contributed by atoms with E-state index >= 15 is 0 Å². The lowest BCUT2D eigenvalue weighted by Gasteiger charge is -2.31. The molecule has 3 aromatic carbocycles. The summed E-state index contributed by atoms with van der Waals surface area (Å²) >= 11 is 0. The fourth-order valence-electron chi connectivity index (χ4n) is 3.62. The number of aryl methyl sites for hydroxylation is 1. The van der Waals surface area contributed by atoms with Gasteiger partial charge in [-0.05, 0) is 60.4 Å². The van der Waals surface area contributed by atoms with Crippen molar-refractivity contribution in [1.82, 2.24) is 0 Å². The normalized spacial score (nSPS) is 13.2. The fourth-order valence-corrected chi connectivity index (χ4v) is 5.15. The molecule has 1 aliphatic heterocycles. The Morgan fingerprint density at radius 1 is 1.03 bits per heavy atom. The first-order chi connectivity index (χ1) is 15.5. The van der Waals surface area contributed by atoms with Crippen molar-refractivity contribution < 1.29 is 22.7 Å². The van der Waals surface area contributed by atoms with Gasteiger partial charge in [-0.3, -0.25) is 9.62 Å². The highest BCUT2D eigenvalue weighted by molar-refractivity contribution is 7.92. The van der Waals surface area contributed by atoms with Gasteiger partial charge in [0.25, 0.3) is 10.0 Å². The zero-order chi connectivity index (χ0) is 22.6. The third kappa shape index (κ3) is 4.70. The summed E-state index contributed by atoms with van der Waals surface area (Å²) in [6.07, 6.45) is 0.880. The smallest absolute Gasteiger partial charge is 0.411 e. The standard InChI is InChI=1S/C24H24N2O5S/c1-30-21-11-13-22(14-12-21)32(28,29)26-15-5-8-19-9-10-20(16-23(19)26)25-24(27)31-17-18-6-3-2-4-7-18/h2-4,6-7,9-14,16H,5,8,15,17H2,1H3,(H,25,27). The van der Waals surface area contributed by atoms with Gasteiger partial charge in [-0.2, -0.15) is 0 Å². The number of nitrogens with zero attached hydrogens (tertiary/aromatic N) is 1. The lowest BCUT2D eigenvalue weighted by Crippen LogP contribution is -2.35. The fraction of sp³-hybridized carbons (Fsp3) is 0.208. The number of amides is 1. The van der Waals surface area contributed by atoms with Gasteiger partial charge in [0.05, 0.1) is 17.7 Å². The minimum atomic E-state index is -3.76. The van der Waals surface area contributed by atoms with E-state index in [4.69, 9.17) is 9.47 Å². The van der Waals surface area contributed by atoms with Crippen LogP contribution in [-0.4, -0.2) is 28.2 Å². The van der Waals surface area contributed by atoms with Crippen molar-refractivity contribution in [3.8, 4) is 5.75 Å². The third-order valence-electron chi connectivity index (χ3n) is 5.27. The molecule has 32 heavy (non-hydrogen) atoms. The maximum absolute atomic E-state index is 13.3. The van der Waals surface area contributed by atoms with Crippen LogP contribution in [0.5, 0.6) is 5.75 Å². The number of hydrogen-bond acceptors (Lipinski definition) is 5. The van der Waals surface area contributed by atoms with Crippen LogP contribution in [0.1, 0.15) is 17.5 Å². The molecule has 0 bridgehead atoms. The molecule has 0 unspecified atom stereocenters. The van der Waals surface area contributed by atoms with Crippen LogP contribution < -0.4 is 14.4 Å². The second kappa shape index (κ2) is 9.32. The van der Waals surface area contributed by atoms with E-state index < -0.39 is 16.1 Å². The Balaban J connectivity index is 1.53. The summed E-state index contributed by atoms with van der Waals surface area (Å²) in [6.45, 7) is 0.513. The molecule has 166 valence electrons. The van der Waals surface area contributed by atoms with Crippen molar-refractivity contribution >= 4 is 27.5 Å². The Morgan fingerprint density at radius 3 is 2.50 bits per heavy atom. The third-order valence-corrected chi connectivity index (χ3v) is 7.10. The van der Waals surface area contributed by atoms with Crippen LogP contribution in [0.2, 0.25) is 0 Å². The second-order valence-electron chi connectivity index (χ2n) is 7.39. The number of nitrogens with one attached hydrogen (secondary N) is 1. The minimum absolute atomic E-state index is 0.148. The number of hydrogen-bond donors (Lipinski definition) is 1. The van der Waals surface area contributed by atoms with Gasteiger partial charge < -0.3 is 9.47 Å². The topological polar surface area (TPSA) is 84.9 Å². The maximum atomic E-state index is 13.3. The Labute approximate surface area is 187 Å². The highest BCUT2D eigenvalue weighted by Crippen LogP contribution is 2.34. The summed E-state index contributed by atoms with van der Waals surface area (Å²) < 4.78 is 38.4. The molecule has 0 radical (unpaired) electrons. The zero-order valence-electron chi connectivity index (χ0n) is 17.7. The molecule has 0 aromatic heterocycles. The van der Waals surface area contributed by atoms with Crippen LogP contribution in [0.3, 0.4) is 0 Å². The number of rotatable bonds is 6. The summed E-state index contributed by atoms with van der Waals surface area (Å²) in [4.78, 5) is 12.4. The van der Waals surface area contributed by atoms with Crippen molar-refractivity contribution in [2.75, 3.05) is 23.3 Å². The van der Waals surface area contributed by atoms with Gasteiger partial charge in [-0.1, -0.05) is 36.4 Å². The van der Waals surface area contributed by atoms with E-state index in [1.165, 1.54) is 23.5 Å².